The first-order valence-electron chi connectivity index (χ1n) is 10.6. The zero-order chi connectivity index (χ0) is 20.8. The zero-order valence-electron chi connectivity index (χ0n) is 17.3. The first kappa shape index (κ1) is 20.1. The molecule has 0 aliphatic heterocycles. The molecular formula is C25H27N3O2. The normalized spacial score (nSPS) is 14.8. The quantitative estimate of drug-likeness (QED) is 0.559. The van der Waals surface area contributed by atoms with Gasteiger partial charge in [-0.2, -0.15) is 0 Å². The Balaban J connectivity index is 1.47. The zero-order valence-corrected chi connectivity index (χ0v) is 17.3. The Morgan fingerprint density at radius 3 is 2.80 bits per heavy atom. The van der Waals surface area contributed by atoms with Crippen LogP contribution in [0.4, 0.5) is 0 Å². The van der Waals surface area contributed by atoms with E-state index in [0.717, 1.165) is 28.6 Å². The first-order chi connectivity index (χ1) is 14.7. The third-order valence-electron chi connectivity index (χ3n) is 5.66. The van der Waals surface area contributed by atoms with Crippen LogP contribution in [0.15, 0.2) is 54.9 Å². The maximum absolute atomic E-state index is 12.3. The Hall–Kier alpha value is -3.21. The third-order valence-corrected chi connectivity index (χ3v) is 5.66. The molecule has 1 aliphatic carbocycles. The van der Waals surface area contributed by atoms with Crippen molar-refractivity contribution >= 4 is 22.9 Å². The molecule has 0 atom stereocenters. The van der Waals surface area contributed by atoms with Crippen LogP contribution in [0.3, 0.4) is 0 Å². The molecule has 1 heterocycles. The van der Waals surface area contributed by atoms with Crippen LogP contribution in [0.5, 0.6) is 11.6 Å². The Bertz CT molecular complexity index is 1060. The van der Waals surface area contributed by atoms with E-state index in [9.17, 15) is 4.79 Å². The predicted molar refractivity (Wildman–Crippen MR) is 119 cm³/mol. The summed E-state index contributed by atoms with van der Waals surface area (Å²) in [5.41, 5.74) is 2.77. The van der Waals surface area contributed by atoms with Gasteiger partial charge in [0.15, 0.2) is 0 Å². The Labute approximate surface area is 177 Å². The van der Waals surface area contributed by atoms with Gasteiger partial charge >= 0.3 is 0 Å². The van der Waals surface area contributed by atoms with Gasteiger partial charge in [0.05, 0.1) is 10.9 Å². The molecule has 0 spiro atoms. The van der Waals surface area contributed by atoms with Crippen LogP contribution in [-0.2, 0) is 4.79 Å². The molecule has 1 amide bonds. The van der Waals surface area contributed by atoms with Gasteiger partial charge in [0.2, 0.25) is 11.8 Å². The third kappa shape index (κ3) is 4.85. The summed E-state index contributed by atoms with van der Waals surface area (Å²) in [6.45, 7) is 2.77. The van der Waals surface area contributed by atoms with Crippen molar-refractivity contribution < 1.29 is 9.53 Å². The molecule has 5 nitrogen and oxygen atoms in total. The highest BCUT2D eigenvalue weighted by Gasteiger charge is 2.14. The van der Waals surface area contributed by atoms with Crippen LogP contribution in [0.25, 0.3) is 17.0 Å². The van der Waals surface area contributed by atoms with Gasteiger partial charge in [-0.1, -0.05) is 49.6 Å². The number of amides is 1. The highest BCUT2D eigenvalue weighted by molar-refractivity contribution is 5.92. The van der Waals surface area contributed by atoms with E-state index in [1.807, 2.05) is 49.4 Å². The average molecular weight is 402 g/mol. The number of hydrogen-bond donors (Lipinski definition) is 1. The predicted octanol–water partition coefficient (Wildman–Crippen LogP) is 5.44. The summed E-state index contributed by atoms with van der Waals surface area (Å²) in [6, 6.07) is 13.6. The number of nitrogens with zero attached hydrogens (tertiary/aromatic N) is 2. The standard InChI is InChI=1S/C25H27N3O2/c1-18-8-7-12-21-24(18)27-17-28-25(21)30-22-13-6-5-11-20(22)14-15-23(29)26-16-19-9-3-2-4-10-19/h5-8,11-15,17,19H,2-4,9-10,16H2,1H3,(H,26,29)/b15-14+. The molecule has 1 aromatic heterocycles. The number of hydrogen-bond acceptors (Lipinski definition) is 4. The smallest absolute Gasteiger partial charge is 0.244 e. The molecule has 1 fully saturated rings. The van der Waals surface area contributed by atoms with Gasteiger partial charge in [-0.05, 0) is 49.5 Å². The number of rotatable bonds is 6. The van der Waals surface area contributed by atoms with Crippen molar-refractivity contribution in [1.82, 2.24) is 15.3 Å². The molecule has 2 aromatic carbocycles. The van der Waals surface area contributed by atoms with Gasteiger partial charge in [-0.3, -0.25) is 4.79 Å². The number of ether oxygens (including phenoxy) is 1. The Kier molecular flexibility index (Phi) is 6.38. The van der Waals surface area contributed by atoms with Crippen LogP contribution in [-0.4, -0.2) is 22.4 Å². The second-order valence-electron chi connectivity index (χ2n) is 7.87. The molecule has 0 saturated heterocycles. The van der Waals surface area contributed by atoms with Crippen molar-refractivity contribution in [3.8, 4) is 11.6 Å². The number of aromatic nitrogens is 2. The van der Waals surface area contributed by atoms with Crippen molar-refractivity contribution in [2.75, 3.05) is 6.54 Å². The van der Waals surface area contributed by atoms with Crippen LogP contribution < -0.4 is 10.1 Å². The second kappa shape index (κ2) is 9.53. The topological polar surface area (TPSA) is 64.1 Å². The molecule has 3 aromatic rings. The van der Waals surface area contributed by atoms with Crippen LogP contribution in [0.1, 0.15) is 43.2 Å². The number of para-hydroxylation sites is 2. The summed E-state index contributed by atoms with van der Waals surface area (Å²) in [6.07, 6.45) is 11.2. The minimum atomic E-state index is -0.0708. The van der Waals surface area contributed by atoms with Crippen LogP contribution in [0, 0.1) is 12.8 Å². The van der Waals surface area contributed by atoms with Crippen LogP contribution >= 0.6 is 0 Å². The fraction of sp³-hybridized carbons (Fsp3) is 0.320. The minimum absolute atomic E-state index is 0.0708. The van der Waals surface area contributed by atoms with Crippen LogP contribution in [0.2, 0.25) is 0 Å². The van der Waals surface area contributed by atoms with Crippen molar-refractivity contribution in [3.63, 3.8) is 0 Å². The maximum Gasteiger partial charge on any atom is 0.244 e. The maximum atomic E-state index is 12.3. The monoisotopic (exact) mass is 401 g/mol. The lowest BCUT2D eigenvalue weighted by Crippen LogP contribution is -2.28. The number of nitrogens with one attached hydrogen (secondary N) is 1. The number of carbonyl (C=O) groups excluding carboxylic acids is 1. The van der Waals surface area contributed by atoms with Crippen molar-refractivity contribution in [3.05, 3.63) is 66.0 Å². The van der Waals surface area contributed by atoms with E-state index >= 15 is 0 Å². The lowest BCUT2D eigenvalue weighted by Gasteiger charge is -2.21. The van der Waals surface area contributed by atoms with E-state index in [1.54, 1.807) is 12.2 Å². The first-order valence-corrected chi connectivity index (χ1v) is 10.6. The second-order valence-corrected chi connectivity index (χ2v) is 7.87. The Morgan fingerprint density at radius 1 is 1.10 bits per heavy atom. The van der Waals surface area contributed by atoms with Gasteiger partial charge in [0.1, 0.15) is 12.1 Å². The summed E-state index contributed by atoms with van der Waals surface area (Å²) in [5.74, 6) is 1.70. The molecule has 0 radical (unpaired) electrons. The molecular weight excluding hydrogens is 374 g/mol. The van der Waals surface area contributed by atoms with Gasteiger partial charge in [0, 0.05) is 18.2 Å². The van der Waals surface area contributed by atoms with E-state index < -0.39 is 0 Å². The van der Waals surface area contributed by atoms with E-state index in [-0.39, 0.29) is 5.91 Å². The molecule has 5 heteroatoms. The summed E-state index contributed by atoms with van der Waals surface area (Å²) in [4.78, 5) is 21.0. The van der Waals surface area contributed by atoms with Crippen molar-refractivity contribution in [2.24, 2.45) is 5.92 Å². The molecule has 0 bridgehead atoms. The van der Waals surface area contributed by atoms with Gasteiger partial charge < -0.3 is 10.1 Å². The number of aryl methyl sites for hydroxylation is 1. The van der Waals surface area contributed by atoms with Crippen molar-refractivity contribution in [1.29, 1.82) is 0 Å². The number of carbonyl (C=O) groups is 1. The highest BCUT2D eigenvalue weighted by atomic mass is 16.5. The van der Waals surface area contributed by atoms with Gasteiger partial charge in [-0.15, -0.1) is 0 Å². The molecule has 1 N–H and O–H groups in total. The lowest BCUT2D eigenvalue weighted by atomic mass is 9.89. The largest absolute Gasteiger partial charge is 0.438 e. The fourth-order valence-corrected chi connectivity index (χ4v) is 3.97. The molecule has 30 heavy (non-hydrogen) atoms. The SMILES string of the molecule is Cc1cccc2c(Oc3ccccc3/C=C/C(=O)NCC3CCCCC3)ncnc12. The molecule has 1 saturated carbocycles. The average Bonchev–Trinajstić information content (AvgIpc) is 2.78. The molecule has 0 unspecified atom stereocenters. The van der Waals surface area contributed by atoms with E-state index in [4.69, 9.17) is 4.74 Å². The summed E-state index contributed by atoms with van der Waals surface area (Å²) in [5, 5.41) is 3.90. The fourth-order valence-electron chi connectivity index (χ4n) is 3.97. The summed E-state index contributed by atoms with van der Waals surface area (Å²) >= 11 is 0. The van der Waals surface area contributed by atoms with E-state index in [1.165, 1.54) is 38.4 Å². The van der Waals surface area contributed by atoms with E-state index in [2.05, 4.69) is 15.3 Å². The molecule has 4 rings (SSSR count). The van der Waals surface area contributed by atoms with Crippen molar-refractivity contribution in [2.45, 2.75) is 39.0 Å². The van der Waals surface area contributed by atoms with Gasteiger partial charge in [-0.25, -0.2) is 9.97 Å². The lowest BCUT2D eigenvalue weighted by molar-refractivity contribution is -0.116. The van der Waals surface area contributed by atoms with Gasteiger partial charge in [0.25, 0.3) is 0 Å². The Morgan fingerprint density at radius 2 is 1.93 bits per heavy atom. The molecule has 154 valence electrons. The number of benzene rings is 2. The summed E-state index contributed by atoms with van der Waals surface area (Å²) < 4.78 is 6.13. The number of fused-ring (bicyclic) bond motifs is 1. The highest BCUT2D eigenvalue weighted by Crippen LogP contribution is 2.30. The molecule has 1 aliphatic rings. The van der Waals surface area contributed by atoms with E-state index in [0.29, 0.717) is 17.5 Å². The minimum Gasteiger partial charge on any atom is -0.438 e. The summed E-state index contributed by atoms with van der Waals surface area (Å²) in [7, 11) is 0.